The largest absolute Gasteiger partial charge is 0.399 e. The molecule has 1 aromatic rings. The van der Waals surface area contributed by atoms with Crippen molar-refractivity contribution in [1.82, 2.24) is 4.98 Å². The molecule has 16 heavy (non-hydrogen) atoms. The number of nitrogens with two attached hydrogens (primary N) is 1. The van der Waals surface area contributed by atoms with E-state index in [2.05, 4.69) is 4.98 Å². The lowest BCUT2D eigenvalue weighted by atomic mass is 10.2. The minimum Gasteiger partial charge on any atom is -0.399 e. The number of benzene rings is 2. The molecule has 0 saturated heterocycles. The number of anilines is 1. The van der Waals surface area contributed by atoms with Crippen LogP contribution < -0.4 is 11.1 Å². The van der Waals surface area contributed by atoms with E-state index in [0.717, 1.165) is 26.5 Å². The standard InChI is InChI=1S/C12H9N3S/c13-7-4-5-9-11(6-7)16-10-3-1-2-8(14)12(10)15-9/h1-6,14H,13H2. The van der Waals surface area contributed by atoms with Crippen molar-refractivity contribution in [2.24, 2.45) is 0 Å². The quantitative estimate of drug-likeness (QED) is 0.457. The van der Waals surface area contributed by atoms with Crippen molar-refractivity contribution < 1.29 is 0 Å². The number of hydrogen-bond donors (Lipinski definition) is 2. The highest BCUT2D eigenvalue weighted by Gasteiger charge is 2.07. The minimum absolute atomic E-state index is 0.465. The van der Waals surface area contributed by atoms with Gasteiger partial charge in [0.05, 0.1) is 20.5 Å². The number of rotatable bonds is 0. The van der Waals surface area contributed by atoms with Crippen molar-refractivity contribution in [3.05, 3.63) is 41.8 Å². The Hall–Kier alpha value is -1.94. The molecule has 0 unspecified atom stereocenters. The third-order valence-corrected chi connectivity index (χ3v) is 3.53. The fourth-order valence-electron chi connectivity index (χ4n) is 1.66. The van der Waals surface area contributed by atoms with E-state index in [-0.39, 0.29) is 0 Å². The van der Waals surface area contributed by atoms with Crippen molar-refractivity contribution >= 4 is 27.2 Å². The van der Waals surface area contributed by atoms with Crippen molar-refractivity contribution in [3.8, 4) is 10.6 Å². The van der Waals surface area contributed by atoms with Gasteiger partial charge in [-0.05, 0) is 30.3 Å². The molecule has 4 heteroatoms. The Morgan fingerprint density at radius 2 is 2.06 bits per heavy atom. The normalized spacial score (nSPS) is 11.0. The Morgan fingerprint density at radius 1 is 1.19 bits per heavy atom. The van der Waals surface area contributed by atoms with Crippen LogP contribution >= 0.6 is 11.3 Å². The monoisotopic (exact) mass is 227 g/mol. The maximum Gasteiger partial charge on any atom is 0.106 e. The first-order valence-corrected chi connectivity index (χ1v) is 5.69. The third-order valence-electron chi connectivity index (χ3n) is 2.44. The summed E-state index contributed by atoms with van der Waals surface area (Å²) in [6.07, 6.45) is 0. The van der Waals surface area contributed by atoms with E-state index in [1.165, 1.54) is 0 Å². The van der Waals surface area contributed by atoms with Gasteiger partial charge >= 0.3 is 0 Å². The van der Waals surface area contributed by atoms with Gasteiger partial charge in [-0.25, -0.2) is 4.98 Å². The van der Waals surface area contributed by atoms with Crippen LogP contribution in [0.1, 0.15) is 0 Å². The lowest BCUT2D eigenvalue weighted by Gasteiger charge is -2.05. The van der Waals surface area contributed by atoms with E-state index >= 15 is 0 Å². The fourth-order valence-corrected chi connectivity index (χ4v) is 2.71. The summed E-state index contributed by atoms with van der Waals surface area (Å²) in [5.41, 5.74) is 8.13. The Morgan fingerprint density at radius 3 is 2.94 bits per heavy atom. The highest BCUT2D eigenvalue weighted by atomic mass is 32.1. The summed E-state index contributed by atoms with van der Waals surface area (Å²) in [6.45, 7) is 0. The van der Waals surface area contributed by atoms with Gasteiger partial charge in [-0.15, -0.1) is 11.3 Å². The second kappa shape index (κ2) is 3.28. The van der Waals surface area contributed by atoms with E-state index < -0.39 is 0 Å². The zero-order valence-corrected chi connectivity index (χ0v) is 9.21. The molecule has 3 nitrogen and oxygen atoms in total. The van der Waals surface area contributed by atoms with Crippen molar-refractivity contribution in [2.45, 2.75) is 0 Å². The maximum atomic E-state index is 7.80. The first-order valence-electron chi connectivity index (χ1n) is 4.88. The summed E-state index contributed by atoms with van der Waals surface area (Å²) in [5.74, 6) is 0. The van der Waals surface area contributed by atoms with Gasteiger partial charge in [-0.1, -0.05) is 6.07 Å². The van der Waals surface area contributed by atoms with Crippen LogP contribution in [0.5, 0.6) is 0 Å². The number of nitrogen functional groups attached to an aromatic ring is 1. The van der Waals surface area contributed by atoms with E-state index in [1.54, 1.807) is 17.4 Å². The Balaban J connectivity index is 2.50. The van der Waals surface area contributed by atoms with Gasteiger partial charge in [-0.2, -0.15) is 0 Å². The van der Waals surface area contributed by atoms with Gasteiger partial charge in [0, 0.05) is 5.69 Å². The smallest absolute Gasteiger partial charge is 0.106 e. The lowest BCUT2D eigenvalue weighted by molar-refractivity contribution is 1.23. The molecule has 2 aliphatic rings. The molecule has 0 aromatic heterocycles. The topological polar surface area (TPSA) is 62.8 Å². The fraction of sp³-hybridized carbons (Fsp3) is 0. The molecular weight excluding hydrogens is 218 g/mol. The molecule has 3 N–H and O–H groups in total. The first kappa shape index (κ1) is 9.30. The van der Waals surface area contributed by atoms with Crippen LogP contribution in [-0.4, -0.2) is 4.98 Å². The Bertz CT molecular complexity index is 702. The third kappa shape index (κ3) is 1.35. The Labute approximate surface area is 96.0 Å². The van der Waals surface area contributed by atoms with Gasteiger partial charge in [0.1, 0.15) is 5.69 Å². The average Bonchev–Trinajstić information content (AvgIpc) is 2.27. The summed E-state index contributed by atoms with van der Waals surface area (Å²) in [6, 6.07) is 11.3. The van der Waals surface area contributed by atoms with Gasteiger partial charge in [-0.3, -0.25) is 5.41 Å². The maximum absolute atomic E-state index is 7.80. The molecule has 0 amide bonds. The molecule has 1 aliphatic carbocycles. The van der Waals surface area contributed by atoms with Crippen molar-refractivity contribution in [3.63, 3.8) is 0 Å². The van der Waals surface area contributed by atoms with Gasteiger partial charge in [0.2, 0.25) is 0 Å². The van der Waals surface area contributed by atoms with Crippen LogP contribution in [0.15, 0.2) is 36.4 Å². The predicted molar refractivity (Wildman–Crippen MR) is 66.5 cm³/mol. The van der Waals surface area contributed by atoms with Crippen LogP contribution in [0.4, 0.5) is 5.69 Å². The van der Waals surface area contributed by atoms with Crippen LogP contribution in [0.3, 0.4) is 0 Å². The molecule has 3 rings (SSSR count). The molecular formula is C12H9N3S. The second-order valence-electron chi connectivity index (χ2n) is 3.59. The molecule has 1 heterocycles. The van der Waals surface area contributed by atoms with Gasteiger partial charge in [0.25, 0.3) is 0 Å². The molecule has 0 fully saturated rings. The number of hydrogen-bond acceptors (Lipinski definition) is 4. The van der Waals surface area contributed by atoms with Crippen LogP contribution in [-0.2, 0) is 0 Å². The molecule has 1 aliphatic heterocycles. The molecule has 0 atom stereocenters. The summed E-state index contributed by atoms with van der Waals surface area (Å²) in [5, 5.41) is 8.27. The van der Waals surface area contributed by atoms with Gasteiger partial charge < -0.3 is 5.73 Å². The van der Waals surface area contributed by atoms with Crippen LogP contribution in [0.2, 0.25) is 0 Å². The van der Waals surface area contributed by atoms with Crippen molar-refractivity contribution in [1.29, 1.82) is 5.41 Å². The molecule has 78 valence electrons. The highest BCUT2D eigenvalue weighted by molar-refractivity contribution is 7.21. The summed E-state index contributed by atoms with van der Waals surface area (Å²) in [7, 11) is 0. The molecule has 0 spiro atoms. The summed E-state index contributed by atoms with van der Waals surface area (Å²) in [4.78, 5) is 5.50. The zero-order valence-electron chi connectivity index (χ0n) is 8.40. The molecule has 0 saturated carbocycles. The van der Waals surface area contributed by atoms with Crippen molar-refractivity contribution in [2.75, 3.05) is 5.73 Å². The van der Waals surface area contributed by atoms with Crippen LogP contribution in [0, 0.1) is 5.41 Å². The second-order valence-corrected chi connectivity index (χ2v) is 4.68. The molecule has 0 bridgehead atoms. The van der Waals surface area contributed by atoms with Gasteiger partial charge in [0.15, 0.2) is 0 Å². The SMILES string of the molecule is N=c1cccc2sc3cc(N)ccc3nc1-2. The highest BCUT2D eigenvalue weighted by Crippen LogP contribution is 2.29. The van der Waals surface area contributed by atoms with E-state index in [1.807, 2.05) is 30.3 Å². The van der Waals surface area contributed by atoms with E-state index in [9.17, 15) is 0 Å². The number of nitrogens with zero attached hydrogens (tertiary/aromatic N) is 1. The summed E-state index contributed by atoms with van der Waals surface area (Å²) >= 11 is 1.62. The minimum atomic E-state index is 0.465. The number of aromatic nitrogens is 1. The molecule has 1 aromatic carbocycles. The number of para-hydroxylation sites is 1. The predicted octanol–water partition coefficient (Wildman–Crippen LogP) is 2.46. The number of fused-ring (bicyclic) bond motifs is 2. The van der Waals surface area contributed by atoms with E-state index in [4.69, 9.17) is 11.1 Å². The lowest BCUT2D eigenvalue weighted by Crippen LogP contribution is -2.05. The average molecular weight is 227 g/mol. The molecule has 0 radical (unpaired) electrons. The zero-order chi connectivity index (χ0) is 11.1. The Kier molecular flexibility index (Phi) is 1.91. The number of nitrogens with one attached hydrogen (secondary N) is 1. The van der Waals surface area contributed by atoms with E-state index in [0.29, 0.717) is 5.36 Å². The summed E-state index contributed by atoms with van der Waals surface area (Å²) < 4.78 is 1.05. The first-order chi connectivity index (χ1) is 7.74. The van der Waals surface area contributed by atoms with Crippen LogP contribution in [0.25, 0.3) is 20.8 Å².